The van der Waals surface area contributed by atoms with Gasteiger partial charge in [-0.1, -0.05) is 6.07 Å². The van der Waals surface area contributed by atoms with E-state index in [-0.39, 0.29) is 12.0 Å². The molecule has 126 valence electrons. The lowest BCUT2D eigenvalue weighted by molar-refractivity contribution is 0.0853. The van der Waals surface area contributed by atoms with Crippen molar-refractivity contribution in [1.29, 1.82) is 0 Å². The smallest absolute Gasteiger partial charge is 0.270 e. The second-order valence-corrected chi connectivity index (χ2v) is 6.06. The van der Waals surface area contributed by atoms with Gasteiger partial charge >= 0.3 is 0 Å². The van der Waals surface area contributed by atoms with Crippen LogP contribution in [0.5, 0.6) is 0 Å². The monoisotopic (exact) mass is 326 g/mol. The topological polar surface area (TPSA) is 76.1 Å². The molecule has 1 aromatic carbocycles. The van der Waals surface area contributed by atoms with Crippen LogP contribution in [0.25, 0.3) is 0 Å². The minimum absolute atomic E-state index is 0.115. The minimum atomic E-state index is -0.212. The van der Waals surface area contributed by atoms with Crippen LogP contribution in [0.15, 0.2) is 30.6 Å². The summed E-state index contributed by atoms with van der Waals surface area (Å²) in [4.78, 5) is 20.5. The number of hydrogen-bond acceptors (Lipinski definition) is 5. The van der Waals surface area contributed by atoms with Crippen LogP contribution in [0.2, 0.25) is 0 Å². The summed E-state index contributed by atoms with van der Waals surface area (Å²) in [6, 6.07) is 7.74. The van der Waals surface area contributed by atoms with Crippen molar-refractivity contribution >= 4 is 17.4 Å². The van der Waals surface area contributed by atoms with E-state index in [1.54, 1.807) is 6.07 Å². The number of carbonyl (C=O) groups is 1. The van der Waals surface area contributed by atoms with E-state index in [1.807, 2.05) is 12.1 Å². The van der Waals surface area contributed by atoms with Gasteiger partial charge < -0.3 is 15.4 Å². The molecule has 0 aliphatic carbocycles. The minimum Gasteiger partial charge on any atom is -0.376 e. The van der Waals surface area contributed by atoms with Crippen LogP contribution in [0, 0.1) is 13.8 Å². The summed E-state index contributed by atoms with van der Waals surface area (Å²) in [5.74, 6) is 0.381. The summed E-state index contributed by atoms with van der Waals surface area (Å²) < 4.78 is 5.50. The van der Waals surface area contributed by atoms with Gasteiger partial charge in [-0.3, -0.25) is 4.79 Å². The first kappa shape index (κ1) is 16.4. The standard InChI is InChI=1S/C18H22N4O2/c1-12-5-6-14(8-13(12)2)22-17-9-16(20-11-21-17)18(23)19-10-15-4-3-7-24-15/h5-6,8-9,11,15H,3-4,7,10H2,1-2H3,(H,19,23)(H,20,21,22). The summed E-state index contributed by atoms with van der Waals surface area (Å²) in [6.07, 6.45) is 3.55. The Balaban J connectivity index is 1.64. The first-order valence-corrected chi connectivity index (χ1v) is 8.18. The summed E-state index contributed by atoms with van der Waals surface area (Å²) in [5, 5.41) is 6.08. The van der Waals surface area contributed by atoms with Gasteiger partial charge in [0.2, 0.25) is 0 Å². The van der Waals surface area contributed by atoms with Crippen molar-refractivity contribution in [2.75, 3.05) is 18.5 Å². The molecule has 3 rings (SSSR count). The van der Waals surface area contributed by atoms with E-state index >= 15 is 0 Å². The van der Waals surface area contributed by atoms with E-state index in [0.29, 0.717) is 18.1 Å². The van der Waals surface area contributed by atoms with Crippen molar-refractivity contribution in [2.45, 2.75) is 32.8 Å². The predicted octanol–water partition coefficient (Wildman–Crippen LogP) is 2.75. The number of carbonyl (C=O) groups excluding carboxylic acids is 1. The van der Waals surface area contributed by atoms with Crippen molar-refractivity contribution in [2.24, 2.45) is 0 Å². The highest BCUT2D eigenvalue weighted by atomic mass is 16.5. The lowest BCUT2D eigenvalue weighted by atomic mass is 10.1. The molecular weight excluding hydrogens is 304 g/mol. The summed E-state index contributed by atoms with van der Waals surface area (Å²) in [6.45, 7) is 5.42. The van der Waals surface area contributed by atoms with Gasteiger partial charge in [-0.25, -0.2) is 9.97 Å². The Kier molecular flexibility index (Phi) is 5.05. The van der Waals surface area contributed by atoms with E-state index in [4.69, 9.17) is 4.74 Å². The number of nitrogens with zero attached hydrogens (tertiary/aromatic N) is 2. The maximum absolute atomic E-state index is 12.2. The van der Waals surface area contributed by atoms with Crippen LogP contribution in [-0.2, 0) is 4.74 Å². The van der Waals surface area contributed by atoms with Crippen LogP contribution in [0.1, 0.15) is 34.5 Å². The predicted molar refractivity (Wildman–Crippen MR) is 92.5 cm³/mol. The zero-order chi connectivity index (χ0) is 16.9. The highest BCUT2D eigenvalue weighted by molar-refractivity contribution is 5.93. The highest BCUT2D eigenvalue weighted by Gasteiger charge is 2.17. The maximum atomic E-state index is 12.2. The molecule has 1 unspecified atom stereocenters. The summed E-state index contributed by atoms with van der Waals surface area (Å²) >= 11 is 0. The molecule has 1 atom stereocenters. The Labute approximate surface area is 141 Å². The largest absolute Gasteiger partial charge is 0.376 e. The summed E-state index contributed by atoms with van der Waals surface area (Å²) in [7, 11) is 0. The molecule has 6 heteroatoms. The lowest BCUT2D eigenvalue weighted by Crippen LogP contribution is -2.32. The van der Waals surface area contributed by atoms with Gasteiger partial charge in [-0.15, -0.1) is 0 Å². The molecule has 1 saturated heterocycles. The number of nitrogens with one attached hydrogen (secondary N) is 2. The third-order valence-electron chi connectivity index (χ3n) is 4.19. The van der Waals surface area contributed by atoms with Gasteiger partial charge in [-0.2, -0.15) is 0 Å². The van der Waals surface area contributed by atoms with Crippen LogP contribution in [0.4, 0.5) is 11.5 Å². The van der Waals surface area contributed by atoms with E-state index in [9.17, 15) is 4.79 Å². The number of ether oxygens (including phenoxy) is 1. The van der Waals surface area contributed by atoms with Crippen LogP contribution in [-0.4, -0.2) is 35.1 Å². The molecule has 1 aliphatic rings. The molecule has 0 radical (unpaired) electrons. The number of benzene rings is 1. The zero-order valence-electron chi connectivity index (χ0n) is 14.0. The quantitative estimate of drug-likeness (QED) is 0.883. The van der Waals surface area contributed by atoms with Crippen LogP contribution < -0.4 is 10.6 Å². The third kappa shape index (κ3) is 4.08. The normalized spacial score (nSPS) is 16.8. The number of rotatable bonds is 5. The Hall–Kier alpha value is -2.47. The fraction of sp³-hybridized carbons (Fsp3) is 0.389. The molecule has 2 aromatic rings. The second kappa shape index (κ2) is 7.40. The van der Waals surface area contributed by atoms with E-state index in [1.165, 1.54) is 17.5 Å². The molecule has 2 N–H and O–H groups in total. The number of anilines is 2. The van der Waals surface area contributed by atoms with Gasteiger partial charge in [0.1, 0.15) is 17.8 Å². The second-order valence-electron chi connectivity index (χ2n) is 6.06. The average Bonchev–Trinajstić information content (AvgIpc) is 3.10. The fourth-order valence-electron chi connectivity index (χ4n) is 2.62. The number of amides is 1. The lowest BCUT2D eigenvalue weighted by Gasteiger charge is -2.11. The fourth-order valence-corrected chi connectivity index (χ4v) is 2.62. The van der Waals surface area contributed by atoms with E-state index < -0.39 is 0 Å². The summed E-state index contributed by atoms with van der Waals surface area (Å²) in [5.41, 5.74) is 3.71. The van der Waals surface area contributed by atoms with E-state index in [2.05, 4.69) is 40.5 Å². The number of aryl methyl sites for hydroxylation is 2. The molecule has 1 aliphatic heterocycles. The Morgan fingerprint density at radius 3 is 2.88 bits per heavy atom. The molecule has 1 fully saturated rings. The maximum Gasteiger partial charge on any atom is 0.270 e. The van der Waals surface area contributed by atoms with Crippen molar-refractivity contribution < 1.29 is 9.53 Å². The highest BCUT2D eigenvalue weighted by Crippen LogP contribution is 2.18. The molecule has 0 bridgehead atoms. The van der Waals surface area contributed by atoms with Crippen LogP contribution >= 0.6 is 0 Å². The molecule has 6 nitrogen and oxygen atoms in total. The van der Waals surface area contributed by atoms with Crippen molar-refractivity contribution in [3.8, 4) is 0 Å². The molecule has 2 heterocycles. The van der Waals surface area contributed by atoms with Gasteiger partial charge in [0.25, 0.3) is 5.91 Å². The van der Waals surface area contributed by atoms with Crippen molar-refractivity contribution in [3.63, 3.8) is 0 Å². The average molecular weight is 326 g/mol. The van der Waals surface area contributed by atoms with Crippen molar-refractivity contribution in [3.05, 3.63) is 47.4 Å². The molecule has 0 spiro atoms. The molecule has 1 amide bonds. The SMILES string of the molecule is Cc1ccc(Nc2cc(C(=O)NCC3CCCO3)ncn2)cc1C. The first-order chi connectivity index (χ1) is 11.6. The zero-order valence-corrected chi connectivity index (χ0v) is 14.0. The van der Waals surface area contributed by atoms with Gasteiger partial charge in [0.05, 0.1) is 6.10 Å². The Morgan fingerprint density at radius 1 is 1.25 bits per heavy atom. The van der Waals surface area contributed by atoms with E-state index in [0.717, 1.165) is 25.1 Å². The molecule has 24 heavy (non-hydrogen) atoms. The number of hydrogen-bond donors (Lipinski definition) is 2. The van der Waals surface area contributed by atoms with Gasteiger partial charge in [-0.05, 0) is 49.9 Å². The third-order valence-corrected chi connectivity index (χ3v) is 4.19. The number of aromatic nitrogens is 2. The van der Waals surface area contributed by atoms with Crippen molar-refractivity contribution in [1.82, 2.24) is 15.3 Å². The molecular formula is C18H22N4O2. The van der Waals surface area contributed by atoms with Crippen LogP contribution in [0.3, 0.4) is 0 Å². The molecule has 0 saturated carbocycles. The van der Waals surface area contributed by atoms with Gasteiger partial charge in [0, 0.05) is 24.9 Å². The molecule has 1 aromatic heterocycles. The Bertz CT molecular complexity index is 727. The Morgan fingerprint density at radius 2 is 2.12 bits per heavy atom. The first-order valence-electron chi connectivity index (χ1n) is 8.18. The van der Waals surface area contributed by atoms with Gasteiger partial charge in [0.15, 0.2) is 0 Å².